The number of hydrogen-bond acceptors (Lipinski definition) is 1. The zero-order chi connectivity index (χ0) is 15.8. The minimum absolute atomic E-state index is 0.00976. The third kappa shape index (κ3) is 1.26. The lowest BCUT2D eigenvalue weighted by Gasteiger charge is -2.61. The van der Waals surface area contributed by atoms with Gasteiger partial charge in [-0.05, 0) is 33.3 Å². The van der Waals surface area contributed by atoms with Crippen molar-refractivity contribution in [2.24, 2.45) is 22.7 Å². The molecule has 2 aliphatic rings. The lowest BCUT2D eigenvalue weighted by molar-refractivity contribution is -0.175. The van der Waals surface area contributed by atoms with E-state index < -0.39 is 0 Å². The highest BCUT2D eigenvalue weighted by Gasteiger charge is 2.87. The van der Waals surface area contributed by atoms with Gasteiger partial charge in [-0.2, -0.15) is 0 Å². The molecule has 2 fully saturated rings. The van der Waals surface area contributed by atoms with Gasteiger partial charge in [0.1, 0.15) is 11.8 Å². The Balaban J connectivity index is 2.18. The Morgan fingerprint density at radius 3 is 2.10 bits per heavy atom. The van der Waals surface area contributed by atoms with Crippen molar-refractivity contribution in [3.8, 4) is 0 Å². The normalized spacial score (nSPS) is 45.5. The first-order valence-corrected chi connectivity index (χ1v) is 8.09. The number of fused-ring (bicyclic) bond motifs is 1. The lowest BCUT2D eigenvalue weighted by Crippen LogP contribution is -2.72. The first kappa shape index (κ1) is 14.7. The summed E-state index contributed by atoms with van der Waals surface area (Å²) in [5, 5.41) is 0. The van der Waals surface area contributed by atoms with Crippen molar-refractivity contribution in [1.29, 1.82) is 0 Å². The average molecular weight is 283 g/mol. The monoisotopic (exact) mass is 283 g/mol. The van der Waals surface area contributed by atoms with Gasteiger partial charge in [-0.3, -0.25) is 4.79 Å². The van der Waals surface area contributed by atoms with Crippen LogP contribution in [-0.2, 0) is 10.2 Å². The van der Waals surface area contributed by atoms with E-state index in [1.54, 1.807) is 0 Å². The Kier molecular flexibility index (Phi) is 2.75. The molecule has 0 saturated heterocycles. The summed E-state index contributed by atoms with van der Waals surface area (Å²) in [6.45, 7) is 15.6. The highest BCUT2D eigenvalue weighted by Crippen LogP contribution is 2.78. The Morgan fingerprint density at radius 1 is 1.05 bits per heavy atom. The highest BCUT2D eigenvalue weighted by atomic mass is 16.1. The van der Waals surface area contributed by atoms with Crippen molar-refractivity contribution >= 4 is 5.78 Å². The third-order valence-electron chi connectivity index (χ3n) is 7.75. The van der Waals surface area contributed by atoms with Gasteiger partial charge < -0.3 is 0 Å². The Bertz CT molecular complexity index is 601. The molecule has 5 atom stereocenters. The van der Waals surface area contributed by atoms with Gasteiger partial charge in [0.2, 0.25) is 0 Å². The molecule has 0 aliphatic heterocycles. The van der Waals surface area contributed by atoms with Crippen LogP contribution in [0, 0.1) is 35.5 Å². The van der Waals surface area contributed by atoms with Crippen LogP contribution in [0.15, 0.2) is 24.3 Å². The van der Waals surface area contributed by atoms with Gasteiger partial charge >= 0.3 is 0 Å². The first-order chi connectivity index (χ1) is 9.63. The fourth-order valence-electron chi connectivity index (χ4n) is 5.56. The molecule has 2 aliphatic carbocycles. The lowest BCUT2D eigenvalue weighted by atomic mass is 9.34. The SMILES string of the molecule is Cc1ccc(C2(C)C(=O)C3(C)[C+](C)C(C)C(C)C23C)cc1. The van der Waals surface area contributed by atoms with Crippen molar-refractivity contribution in [2.75, 3.05) is 0 Å². The number of hydrogen-bond donors (Lipinski definition) is 0. The second-order valence-electron chi connectivity index (χ2n) is 7.91. The maximum atomic E-state index is 13.3. The van der Waals surface area contributed by atoms with E-state index in [9.17, 15) is 4.79 Å². The molecular formula is C20H27O+. The topological polar surface area (TPSA) is 17.1 Å². The number of carbonyl (C=O) groups excluding carboxylic acids is 1. The van der Waals surface area contributed by atoms with Crippen LogP contribution in [-0.4, -0.2) is 5.78 Å². The largest absolute Gasteiger partial charge is 0.293 e. The van der Waals surface area contributed by atoms with E-state index >= 15 is 0 Å². The summed E-state index contributed by atoms with van der Waals surface area (Å²) >= 11 is 0. The molecule has 21 heavy (non-hydrogen) atoms. The molecule has 1 heteroatoms. The van der Waals surface area contributed by atoms with Gasteiger partial charge in [0, 0.05) is 11.3 Å². The second kappa shape index (κ2) is 3.94. The van der Waals surface area contributed by atoms with Crippen LogP contribution in [0.2, 0.25) is 0 Å². The Labute approximate surface area is 129 Å². The van der Waals surface area contributed by atoms with E-state index in [1.807, 2.05) is 0 Å². The zero-order valence-corrected chi connectivity index (χ0v) is 14.4. The van der Waals surface area contributed by atoms with E-state index in [4.69, 9.17) is 0 Å². The standard InChI is InChI=1S/C20H27O/c1-12-8-10-16(11-9-12)19(6)17(21)18(5)14(3)13(2)15(4)20(18,19)7/h8-11,13,15H,1-7H3/q+1. The number of carbonyl (C=O) groups is 1. The van der Waals surface area contributed by atoms with Gasteiger partial charge in [0.25, 0.3) is 0 Å². The van der Waals surface area contributed by atoms with Crippen LogP contribution < -0.4 is 0 Å². The smallest absolute Gasteiger partial charge is 0.194 e. The predicted octanol–water partition coefficient (Wildman–Crippen LogP) is 4.73. The molecule has 112 valence electrons. The fourth-order valence-corrected chi connectivity index (χ4v) is 5.56. The molecule has 2 saturated carbocycles. The number of ketones is 1. The van der Waals surface area contributed by atoms with Crippen molar-refractivity contribution in [3.05, 3.63) is 41.3 Å². The van der Waals surface area contributed by atoms with Gasteiger partial charge in [0.05, 0.1) is 12.3 Å². The molecule has 1 nitrogen and oxygen atoms in total. The summed E-state index contributed by atoms with van der Waals surface area (Å²) in [4.78, 5) is 13.3. The summed E-state index contributed by atoms with van der Waals surface area (Å²) in [5.74, 6) is 2.82. The van der Waals surface area contributed by atoms with Crippen molar-refractivity contribution in [2.45, 2.75) is 53.9 Å². The van der Waals surface area contributed by atoms with Gasteiger partial charge in [0.15, 0.2) is 11.2 Å². The molecule has 0 spiro atoms. The van der Waals surface area contributed by atoms with Crippen LogP contribution in [0.1, 0.15) is 52.7 Å². The van der Waals surface area contributed by atoms with Gasteiger partial charge in [-0.1, -0.05) is 43.7 Å². The quantitative estimate of drug-likeness (QED) is 0.681. The van der Waals surface area contributed by atoms with Crippen LogP contribution in [0.3, 0.4) is 0 Å². The highest BCUT2D eigenvalue weighted by molar-refractivity contribution is 6.05. The molecule has 0 amide bonds. The summed E-state index contributed by atoms with van der Waals surface area (Å²) < 4.78 is 0. The molecule has 3 rings (SSSR count). The number of Topliss-reactive ketones (excluding diaryl/α,β-unsaturated/α-hetero) is 1. The van der Waals surface area contributed by atoms with Gasteiger partial charge in [-0.15, -0.1) is 0 Å². The number of benzene rings is 1. The van der Waals surface area contributed by atoms with Crippen molar-refractivity contribution in [1.82, 2.24) is 0 Å². The van der Waals surface area contributed by atoms with E-state index in [1.165, 1.54) is 17.0 Å². The van der Waals surface area contributed by atoms with Crippen LogP contribution in [0.4, 0.5) is 0 Å². The fraction of sp³-hybridized carbons (Fsp3) is 0.600. The van der Waals surface area contributed by atoms with E-state index in [0.717, 1.165) is 0 Å². The van der Waals surface area contributed by atoms with E-state index in [-0.39, 0.29) is 16.2 Å². The van der Waals surface area contributed by atoms with Crippen LogP contribution in [0.25, 0.3) is 0 Å². The Morgan fingerprint density at radius 2 is 1.57 bits per heavy atom. The molecule has 1 aromatic carbocycles. The molecule has 0 N–H and O–H groups in total. The van der Waals surface area contributed by atoms with Crippen LogP contribution >= 0.6 is 0 Å². The van der Waals surface area contributed by atoms with E-state index in [2.05, 4.69) is 72.7 Å². The third-order valence-corrected chi connectivity index (χ3v) is 7.75. The number of rotatable bonds is 1. The van der Waals surface area contributed by atoms with Crippen LogP contribution in [0.5, 0.6) is 0 Å². The van der Waals surface area contributed by atoms with Crippen molar-refractivity contribution < 1.29 is 4.79 Å². The molecular weight excluding hydrogens is 256 g/mol. The number of aryl methyl sites for hydroxylation is 1. The second-order valence-corrected chi connectivity index (χ2v) is 7.91. The summed E-state index contributed by atoms with van der Waals surface area (Å²) in [5.41, 5.74) is 1.83. The summed E-state index contributed by atoms with van der Waals surface area (Å²) in [6.07, 6.45) is 0. The average Bonchev–Trinajstić information content (AvgIpc) is 2.60. The summed E-state index contributed by atoms with van der Waals surface area (Å²) in [6, 6.07) is 8.57. The maximum Gasteiger partial charge on any atom is 0.194 e. The minimum Gasteiger partial charge on any atom is -0.293 e. The minimum atomic E-state index is -0.360. The molecule has 0 radical (unpaired) electrons. The summed E-state index contributed by atoms with van der Waals surface area (Å²) in [7, 11) is 0. The molecule has 0 bridgehead atoms. The van der Waals surface area contributed by atoms with Gasteiger partial charge in [-0.25, -0.2) is 0 Å². The van der Waals surface area contributed by atoms with E-state index in [0.29, 0.717) is 17.6 Å². The maximum absolute atomic E-state index is 13.3. The molecule has 1 aromatic rings. The van der Waals surface area contributed by atoms with Crippen molar-refractivity contribution in [3.63, 3.8) is 0 Å². The predicted molar refractivity (Wildman–Crippen MR) is 87.0 cm³/mol. The Hall–Kier alpha value is -1.24. The first-order valence-electron chi connectivity index (χ1n) is 8.09. The molecule has 0 aromatic heterocycles. The zero-order valence-electron chi connectivity index (χ0n) is 14.4. The molecule has 0 heterocycles. The molecule has 5 unspecified atom stereocenters.